The number of benzene rings is 2. The van der Waals surface area contributed by atoms with Gasteiger partial charge in [-0.1, -0.05) is 24.6 Å². The molecule has 0 spiro atoms. The number of nitrogens with two attached hydrogens (primary N) is 1. The molecule has 0 heterocycles. The first-order valence-electron chi connectivity index (χ1n) is 8.01. The topological polar surface area (TPSA) is 108 Å². The standard InChI is InChI=1S/C18H22N2O5S/c1-4-16(25-26(22,23)14-8-5-12(2)6-9-14)18(21)20-13-7-10-15(19)17(11-13)24-3/h5-11,16H,4,19H2,1-3H3,(H,20,21)/t16-/m1/s1. The van der Waals surface area contributed by atoms with Crippen LogP contribution in [0.25, 0.3) is 0 Å². The number of carbonyl (C=O) groups is 1. The minimum absolute atomic E-state index is 0.00324. The summed E-state index contributed by atoms with van der Waals surface area (Å²) in [6.45, 7) is 3.51. The van der Waals surface area contributed by atoms with Crippen molar-refractivity contribution in [2.45, 2.75) is 31.3 Å². The zero-order valence-electron chi connectivity index (χ0n) is 14.9. The number of anilines is 2. The molecule has 1 atom stereocenters. The highest BCUT2D eigenvalue weighted by Crippen LogP contribution is 2.25. The molecule has 7 nitrogen and oxygen atoms in total. The van der Waals surface area contributed by atoms with Crippen LogP contribution >= 0.6 is 0 Å². The third kappa shape index (κ3) is 4.74. The fraction of sp³-hybridized carbons (Fsp3) is 0.278. The van der Waals surface area contributed by atoms with Gasteiger partial charge in [0.05, 0.1) is 17.7 Å². The van der Waals surface area contributed by atoms with Crippen LogP contribution in [0.15, 0.2) is 47.4 Å². The molecule has 0 aliphatic rings. The van der Waals surface area contributed by atoms with Crippen LogP contribution in [0.2, 0.25) is 0 Å². The Labute approximate surface area is 153 Å². The third-order valence-corrected chi connectivity index (χ3v) is 5.05. The first kappa shape index (κ1) is 19.7. The van der Waals surface area contributed by atoms with E-state index in [1.54, 1.807) is 37.3 Å². The van der Waals surface area contributed by atoms with Crippen molar-refractivity contribution in [3.63, 3.8) is 0 Å². The van der Waals surface area contributed by atoms with Gasteiger partial charge in [0.2, 0.25) is 0 Å². The molecule has 0 bridgehead atoms. The lowest BCUT2D eigenvalue weighted by Gasteiger charge is -2.16. The molecule has 0 unspecified atom stereocenters. The van der Waals surface area contributed by atoms with Crippen molar-refractivity contribution in [2.24, 2.45) is 0 Å². The van der Waals surface area contributed by atoms with Gasteiger partial charge >= 0.3 is 0 Å². The second-order valence-electron chi connectivity index (χ2n) is 5.71. The van der Waals surface area contributed by atoms with Crippen LogP contribution < -0.4 is 15.8 Å². The van der Waals surface area contributed by atoms with Gasteiger partial charge < -0.3 is 15.8 Å². The fourth-order valence-electron chi connectivity index (χ4n) is 2.22. The summed E-state index contributed by atoms with van der Waals surface area (Å²) < 4.78 is 35.0. The summed E-state index contributed by atoms with van der Waals surface area (Å²) in [7, 11) is -2.59. The molecule has 3 N–H and O–H groups in total. The molecule has 1 amide bonds. The Kier molecular flexibility index (Phi) is 6.23. The predicted octanol–water partition coefficient (Wildman–Crippen LogP) is 2.71. The first-order chi connectivity index (χ1) is 12.3. The van der Waals surface area contributed by atoms with Gasteiger partial charge in [0.25, 0.3) is 16.0 Å². The quantitative estimate of drug-likeness (QED) is 0.566. The molecule has 2 aromatic carbocycles. The summed E-state index contributed by atoms with van der Waals surface area (Å²) in [6, 6.07) is 10.9. The molecule has 2 rings (SSSR count). The van der Waals surface area contributed by atoms with Crippen molar-refractivity contribution in [2.75, 3.05) is 18.2 Å². The predicted molar refractivity (Wildman–Crippen MR) is 99.6 cm³/mol. The minimum Gasteiger partial charge on any atom is -0.495 e. The van der Waals surface area contributed by atoms with E-state index in [-0.39, 0.29) is 11.3 Å². The van der Waals surface area contributed by atoms with Gasteiger partial charge in [-0.25, -0.2) is 0 Å². The lowest BCUT2D eigenvalue weighted by molar-refractivity contribution is -0.122. The minimum atomic E-state index is -4.05. The van der Waals surface area contributed by atoms with E-state index in [1.807, 2.05) is 6.92 Å². The summed E-state index contributed by atoms with van der Waals surface area (Å²) in [4.78, 5) is 12.4. The van der Waals surface area contributed by atoms with Crippen LogP contribution in [0.3, 0.4) is 0 Å². The van der Waals surface area contributed by atoms with Crippen LogP contribution in [-0.4, -0.2) is 27.5 Å². The van der Waals surface area contributed by atoms with Gasteiger partial charge in [0.15, 0.2) is 6.10 Å². The lowest BCUT2D eigenvalue weighted by atomic mass is 10.2. The van der Waals surface area contributed by atoms with Crippen LogP contribution in [0, 0.1) is 6.92 Å². The van der Waals surface area contributed by atoms with Gasteiger partial charge in [0, 0.05) is 11.8 Å². The largest absolute Gasteiger partial charge is 0.495 e. The number of aryl methyl sites for hydroxylation is 1. The number of nitrogen functional groups attached to an aromatic ring is 1. The molecule has 0 aliphatic heterocycles. The van der Waals surface area contributed by atoms with E-state index in [2.05, 4.69) is 5.32 Å². The Morgan fingerprint density at radius 3 is 2.42 bits per heavy atom. The van der Waals surface area contributed by atoms with Gasteiger partial charge in [-0.05, 0) is 37.6 Å². The lowest BCUT2D eigenvalue weighted by Crippen LogP contribution is -2.32. The molecule has 2 aromatic rings. The Morgan fingerprint density at radius 2 is 1.85 bits per heavy atom. The van der Waals surface area contributed by atoms with Crippen molar-refractivity contribution in [1.82, 2.24) is 0 Å². The summed E-state index contributed by atoms with van der Waals surface area (Å²) >= 11 is 0. The zero-order chi connectivity index (χ0) is 19.3. The summed E-state index contributed by atoms with van der Waals surface area (Å²) in [5.41, 5.74) is 7.51. The van der Waals surface area contributed by atoms with E-state index in [1.165, 1.54) is 19.2 Å². The number of nitrogens with one attached hydrogen (secondary N) is 1. The Morgan fingerprint density at radius 1 is 1.19 bits per heavy atom. The maximum atomic E-state index is 12.4. The van der Waals surface area contributed by atoms with Crippen molar-refractivity contribution >= 4 is 27.4 Å². The first-order valence-corrected chi connectivity index (χ1v) is 9.42. The highest BCUT2D eigenvalue weighted by molar-refractivity contribution is 7.86. The molecule has 0 fully saturated rings. The fourth-order valence-corrected chi connectivity index (χ4v) is 3.33. The van der Waals surface area contributed by atoms with Gasteiger partial charge in [-0.15, -0.1) is 0 Å². The van der Waals surface area contributed by atoms with Crippen LogP contribution in [0.5, 0.6) is 5.75 Å². The Balaban J connectivity index is 2.14. The van der Waals surface area contributed by atoms with Crippen LogP contribution in [-0.2, 0) is 19.1 Å². The molecule has 140 valence electrons. The van der Waals surface area contributed by atoms with E-state index >= 15 is 0 Å². The Hall–Kier alpha value is -2.58. The monoisotopic (exact) mass is 378 g/mol. The van der Waals surface area contributed by atoms with Crippen molar-refractivity contribution in [3.8, 4) is 5.75 Å². The molecular formula is C18H22N2O5S. The van der Waals surface area contributed by atoms with Crippen LogP contribution in [0.1, 0.15) is 18.9 Å². The van der Waals surface area contributed by atoms with E-state index in [4.69, 9.17) is 14.7 Å². The number of methoxy groups -OCH3 is 1. The Bertz CT molecular complexity index is 879. The number of rotatable bonds is 7. The van der Waals surface area contributed by atoms with E-state index < -0.39 is 22.1 Å². The van der Waals surface area contributed by atoms with Gasteiger partial charge in [0.1, 0.15) is 5.75 Å². The smallest absolute Gasteiger partial charge is 0.297 e. The maximum absolute atomic E-state index is 12.4. The third-order valence-electron chi connectivity index (χ3n) is 3.72. The molecule has 0 aliphatic carbocycles. The van der Waals surface area contributed by atoms with Crippen molar-refractivity contribution < 1.29 is 22.1 Å². The molecule has 0 saturated heterocycles. The second kappa shape index (κ2) is 8.20. The SMILES string of the molecule is CC[C@@H](OS(=O)(=O)c1ccc(C)cc1)C(=O)Nc1ccc(N)c(OC)c1. The molecular weight excluding hydrogens is 356 g/mol. The highest BCUT2D eigenvalue weighted by atomic mass is 32.2. The van der Waals surface area contributed by atoms with Crippen molar-refractivity contribution in [3.05, 3.63) is 48.0 Å². The summed E-state index contributed by atoms with van der Waals surface area (Å²) in [5.74, 6) is -0.168. The normalized spacial score (nSPS) is 12.4. The molecule has 0 aromatic heterocycles. The number of amides is 1. The van der Waals surface area contributed by atoms with E-state index in [0.29, 0.717) is 17.1 Å². The van der Waals surface area contributed by atoms with Gasteiger partial charge in [-0.2, -0.15) is 8.42 Å². The zero-order valence-corrected chi connectivity index (χ0v) is 15.7. The van der Waals surface area contributed by atoms with Crippen molar-refractivity contribution in [1.29, 1.82) is 0 Å². The number of hydrogen-bond donors (Lipinski definition) is 2. The molecule has 26 heavy (non-hydrogen) atoms. The highest BCUT2D eigenvalue weighted by Gasteiger charge is 2.26. The molecule has 8 heteroatoms. The van der Waals surface area contributed by atoms with Gasteiger partial charge in [-0.3, -0.25) is 8.98 Å². The summed E-state index contributed by atoms with van der Waals surface area (Å²) in [5, 5.41) is 2.61. The van der Waals surface area contributed by atoms with E-state index in [0.717, 1.165) is 5.56 Å². The average molecular weight is 378 g/mol. The average Bonchev–Trinajstić information content (AvgIpc) is 2.61. The maximum Gasteiger partial charge on any atom is 0.297 e. The number of ether oxygens (including phenoxy) is 1. The van der Waals surface area contributed by atoms with Crippen LogP contribution in [0.4, 0.5) is 11.4 Å². The second-order valence-corrected chi connectivity index (χ2v) is 7.28. The number of hydrogen-bond acceptors (Lipinski definition) is 6. The van der Waals surface area contributed by atoms with E-state index in [9.17, 15) is 13.2 Å². The molecule has 0 radical (unpaired) electrons. The number of carbonyl (C=O) groups excluding carboxylic acids is 1. The summed E-state index contributed by atoms with van der Waals surface area (Å²) in [6.07, 6.45) is -0.979. The molecule has 0 saturated carbocycles.